The molecule has 0 spiro atoms. The zero-order valence-electron chi connectivity index (χ0n) is 11.3. The number of rotatable bonds is 5. The van der Waals surface area contributed by atoms with E-state index in [9.17, 15) is 14.9 Å². The van der Waals surface area contributed by atoms with Crippen molar-refractivity contribution in [3.8, 4) is 0 Å². The Balaban J connectivity index is 2.39. The zero-order chi connectivity index (χ0) is 14.7. The number of nitrogens with two attached hydrogens (primary N) is 1. The standard InChI is InChI=1S/C13H18N4O3/c1-2-15-9-6-10(8-11(7-9)17(19)20)16-5-3-4-12(16)13(14)18/h6-8,12,15H,2-5H2,1H3,(H2,14,18). The van der Waals surface area contributed by atoms with Crippen molar-refractivity contribution in [1.29, 1.82) is 0 Å². The van der Waals surface area contributed by atoms with Gasteiger partial charge >= 0.3 is 0 Å². The molecule has 20 heavy (non-hydrogen) atoms. The molecule has 0 aliphatic carbocycles. The molecular weight excluding hydrogens is 260 g/mol. The second-order valence-corrected chi connectivity index (χ2v) is 4.78. The molecule has 1 aromatic rings. The summed E-state index contributed by atoms with van der Waals surface area (Å²) in [6.45, 7) is 3.26. The van der Waals surface area contributed by atoms with Crippen LogP contribution in [0.4, 0.5) is 17.1 Å². The van der Waals surface area contributed by atoms with Gasteiger partial charge in [-0.1, -0.05) is 0 Å². The second-order valence-electron chi connectivity index (χ2n) is 4.78. The predicted molar refractivity (Wildman–Crippen MR) is 76.8 cm³/mol. The van der Waals surface area contributed by atoms with E-state index in [1.807, 2.05) is 17.9 Å². The number of nitro benzene ring substituents is 1. The molecule has 2 rings (SSSR count). The first-order valence-corrected chi connectivity index (χ1v) is 6.62. The van der Waals surface area contributed by atoms with Gasteiger partial charge in [0.2, 0.25) is 5.91 Å². The van der Waals surface area contributed by atoms with Gasteiger partial charge in [0, 0.05) is 36.6 Å². The van der Waals surface area contributed by atoms with E-state index in [-0.39, 0.29) is 17.6 Å². The quantitative estimate of drug-likeness (QED) is 0.627. The highest BCUT2D eigenvalue weighted by Crippen LogP contribution is 2.31. The normalized spacial score (nSPS) is 18.1. The van der Waals surface area contributed by atoms with Crippen molar-refractivity contribution in [2.45, 2.75) is 25.8 Å². The van der Waals surface area contributed by atoms with Crippen LogP contribution in [0.15, 0.2) is 18.2 Å². The second kappa shape index (κ2) is 5.77. The molecule has 1 saturated heterocycles. The summed E-state index contributed by atoms with van der Waals surface area (Å²) >= 11 is 0. The van der Waals surface area contributed by atoms with Crippen LogP contribution in [0.25, 0.3) is 0 Å². The lowest BCUT2D eigenvalue weighted by Crippen LogP contribution is -2.40. The van der Waals surface area contributed by atoms with Crippen molar-refractivity contribution in [2.75, 3.05) is 23.3 Å². The van der Waals surface area contributed by atoms with Crippen LogP contribution in [-0.4, -0.2) is 30.0 Å². The first-order chi connectivity index (χ1) is 9.52. The van der Waals surface area contributed by atoms with Crippen LogP contribution < -0.4 is 16.0 Å². The number of nitrogens with zero attached hydrogens (tertiary/aromatic N) is 2. The van der Waals surface area contributed by atoms with Gasteiger partial charge < -0.3 is 16.0 Å². The van der Waals surface area contributed by atoms with Gasteiger partial charge in [-0.25, -0.2) is 0 Å². The predicted octanol–water partition coefficient (Wildman–Crippen LogP) is 1.48. The molecule has 1 atom stereocenters. The van der Waals surface area contributed by atoms with Crippen molar-refractivity contribution in [2.24, 2.45) is 5.73 Å². The maximum atomic E-state index is 11.4. The van der Waals surface area contributed by atoms with E-state index in [0.29, 0.717) is 30.9 Å². The zero-order valence-corrected chi connectivity index (χ0v) is 11.3. The number of amides is 1. The summed E-state index contributed by atoms with van der Waals surface area (Å²) in [4.78, 5) is 23.9. The maximum Gasteiger partial charge on any atom is 0.273 e. The van der Waals surface area contributed by atoms with Gasteiger partial charge in [0.25, 0.3) is 5.69 Å². The number of carbonyl (C=O) groups is 1. The number of nitrogens with one attached hydrogen (secondary N) is 1. The number of anilines is 2. The van der Waals surface area contributed by atoms with E-state index >= 15 is 0 Å². The molecule has 1 amide bonds. The van der Waals surface area contributed by atoms with Gasteiger partial charge in [0.15, 0.2) is 0 Å². The molecule has 1 unspecified atom stereocenters. The molecule has 0 radical (unpaired) electrons. The largest absolute Gasteiger partial charge is 0.385 e. The Morgan fingerprint density at radius 3 is 2.90 bits per heavy atom. The molecular formula is C13H18N4O3. The highest BCUT2D eigenvalue weighted by atomic mass is 16.6. The highest BCUT2D eigenvalue weighted by molar-refractivity contribution is 5.85. The van der Waals surface area contributed by atoms with Crippen molar-refractivity contribution in [1.82, 2.24) is 0 Å². The molecule has 0 saturated carbocycles. The molecule has 0 bridgehead atoms. The molecule has 1 aromatic carbocycles. The van der Waals surface area contributed by atoms with Crippen molar-refractivity contribution in [3.05, 3.63) is 28.3 Å². The van der Waals surface area contributed by atoms with E-state index < -0.39 is 4.92 Å². The van der Waals surface area contributed by atoms with Crippen LogP contribution in [0.2, 0.25) is 0 Å². The van der Waals surface area contributed by atoms with Gasteiger partial charge in [-0.3, -0.25) is 14.9 Å². The summed E-state index contributed by atoms with van der Waals surface area (Å²) in [6, 6.07) is 4.41. The summed E-state index contributed by atoms with van der Waals surface area (Å²) in [5, 5.41) is 14.1. The third kappa shape index (κ3) is 2.81. The highest BCUT2D eigenvalue weighted by Gasteiger charge is 2.30. The maximum absolute atomic E-state index is 11.4. The molecule has 7 nitrogen and oxygen atoms in total. The average Bonchev–Trinajstić information content (AvgIpc) is 2.88. The molecule has 1 aliphatic heterocycles. The van der Waals surface area contributed by atoms with Crippen molar-refractivity contribution in [3.63, 3.8) is 0 Å². The van der Waals surface area contributed by atoms with Crippen LogP contribution in [-0.2, 0) is 4.79 Å². The SMILES string of the molecule is CCNc1cc(N2CCCC2C(N)=O)cc([N+](=O)[O-])c1. The summed E-state index contributed by atoms with van der Waals surface area (Å²) in [5.41, 5.74) is 6.73. The first-order valence-electron chi connectivity index (χ1n) is 6.62. The molecule has 1 fully saturated rings. The average molecular weight is 278 g/mol. The fourth-order valence-corrected chi connectivity index (χ4v) is 2.54. The minimum Gasteiger partial charge on any atom is -0.385 e. The Morgan fingerprint density at radius 1 is 1.55 bits per heavy atom. The van der Waals surface area contributed by atoms with Crippen molar-refractivity contribution < 1.29 is 9.72 Å². The summed E-state index contributed by atoms with van der Waals surface area (Å²) in [6.07, 6.45) is 1.54. The van der Waals surface area contributed by atoms with Crippen molar-refractivity contribution >= 4 is 23.0 Å². The van der Waals surface area contributed by atoms with Crippen LogP contribution in [0.1, 0.15) is 19.8 Å². The van der Waals surface area contributed by atoms with Gasteiger partial charge in [-0.05, 0) is 25.8 Å². The van der Waals surface area contributed by atoms with Crippen LogP contribution in [0.3, 0.4) is 0 Å². The first kappa shape index (κ1) is 14.1. The fourth-order valence-electron chi connectivity index (χ4n) is 2.54. The number of primary amides is 1. The lowest BCUT2D eigenvalue weighted by Gasteiger charge is -2.24. The van der Waals surface area contributed by atoms with E-state index in [1.54, 1.807) is 0 Å². The molecule has 1 heterocycles. The lowest BCUT2D eigenvalue weighted by molar-refractivity contribution is -0.384. The molecule has 1 aliphatic rings. The Bertz CT molecular complexity index is 532. The fraction of sp³-hybridized carbons (Fsp3) is 0.462. The number of carbonyl (C=O) groups excluding carboxylic acids is 1. The summed E-state index contributed by atoms with van der Waals surface area (Å²) in [7, 11) is 0. The minimum atomic E-state index is -0.431. The Hall–Kier alpha value is -2.31. The van der Waals surface area contributed by atoms with Crippen LogP contribution >= 0.6 is 0 Å². The number of hydrogen-bond acceptors (Lipinski definition) is 5. The topological polar surface area (TPSA) is 102 Å². The van der Waals surface area contributed by atoms with Crippen LogP contribution in [0.5, 0.6) is 0 Å². The van der Waals surface area contributed by atoms with E-state index in [4.69, 9.17) is 5.73 Å². The minimum absolute atomic E-state index is 0.00794. The monoisotopic (exact) mass is 278 g/mol. The Morgan fingerprint density at radius 2 is 2.30 bits per heavy atom. The smallest absolute Gasteiger partial charge is 0.273 e. The van der Waals surface area contributed by atoms with E-state index in [2.05, 4.69) is 5.32 Å². The van der Waals surface area contributed by atoms with Gasteiger partial charge in [0.05, 0.1) is 4.92 Å². The van der Waals surface area contributed by atoms with E-state index in [1.165, 1.54) is 12.1 Å². The molecule has 0 aromatic heterocycles. The Labute approximate surface area is 116 Å². The summed E-state index contributed by atoms with van der Waals surface area (Å²) in [5.74, 6) is -0.390. The molecule has 3 N–H and O–H groups in total. The lowest BCUT2D eigenvalue weighted by atomic mass is 10.2. The van der Waals surface area contributed by atoms with E-state index in [0.717, 1.165) is 6.42 Å². The number of benzene rings is 1. The van der Waals surface area contributed by atoms with Gasteiger partial charge in [-0.15, -0.1) is 0 Å². The van der Waals surface area contributed by atoms with Gasteiger partial charge in [0.1, 0.15) is 6.04 Å². The van der Waals surface area contributed by atoms with Crippen LogP contribution in [0, 0.1) is 10.1 Å². The molecule has 7 heteroatoms. The number of hydrogen-bond donors (Lipinski definition) is 2. The number of nitro groups is 1. The molecule has 108 valence electrons. The number of non-ortho nitro benzene ring substituents is 1. The third-order valence-corrected chi connectivity index (χ3v) is 3.41. The summed E-state index contributed by atoms with van der Waals surface area (Å²) < 4.78 is 0. The van der Waals surface area contributed by atoms with Gasteiger partial charge in [-0.2, -0.15) is 0 Å². The Kier molecular flexibility index (Phi) is 4.07. The third-order valence-electron chi connectivity index (χ3n) is 3.41.